The maximum Gasteiger partial charge on any atom is 0.293 e. The van der Waals surface area contributed by atoms with Gasteiger partial charge in [0.25, 0.3) is 5.56 Å². The maximum absolute atomic E-state index is 12.5. The van der Waals surface area contributed by atoms with E-state index in [1.54, 1.807) is 25.3 Å². The summed E-state index contributed by atoms with van der Waals surface area (Å²) >= 11 is 0. The van der Waals surface area contributed by atoms with Crippen molar-refractivity contribution in [1.82, 2.24) is 4.57 Å². The third-order valence-electron chi connectivity index (χ3n) is 4.06. The van der Waals surface area contributed by atoms with Gasteiger partial charge in [0, 0.05) is 11.9 Å². The summed E-state index contributed by atoms with van der Waals surface area (Å²) in [6, 6.07) is 8.46. The van der Waals surface area contributed by atoms with E-state index >= 15 is 0 Å². The predicted octanol–water partition coefficient (Wildman–Crippen LogP) is 3.45. The number of amides is 1. The molecule has 1 unspecified atom stereocenters. The number of hydrogen-bond donors (Lipinski definition) is 1. The fourth-order valence-corrected chi connectivity index (χ4v) is 2.37. The van der Waals surface area contributed by atoms with Crippen molar-refractivity contribution in [3.05, 3.63) is 58.0 Å². The third kappa shape index (κ3) is 3.85. The van der Waals surface area contributed by atoms with E-state index in [2.05, 4.69) is 5.32 Å². The predicted molar refractivity (Wildman–Crippen MR) is 95.7 cm³/mol. The van der Waals surface area contributed by atoms with Crippen LogP contribution in [0, 0.1) is 13.8 Å². The van der Waals surface area contributed by atoms with Gasteiger partial charge in [0.15, 0.2) is 5.75 Å². The summed E-state index contributed by atoms with van der Waals surface area (Å²) < 4.78 is 6.84. The van der Waals surface area contributed by atoms with Gasteiger partial charge in [0.1, 0.15) is 6.04 Å². The van der Waals surface area contributed by atoms with Gasteiger partial charge >= 0.3 is 0 Å². The number of benzene rings is 1. The number of aryl methyl sites for hydroxylation is 1. The molecule has 128 valence electrons. The summed E-state index contributed by atoms with van der Waals surface area (Å²) in [7, 11) is 0. The van der Waals surface area contributed by atoms with Crippen LogP contribution in [0.3, 0.4) is 0 Å². The molecule has 0 aliphatic heterocycles. The molecule has 1 atom stereocenters. The highest BCUT2D eigenvalue weighted by Gasteiger charge is 2.18. The fourth-order valence-electron chi connectivity index (χ4n) is 2.37. The van der Waals surface area contributed by atoms with Crippen LogP contribution in [0.1, 0.15) is 37.4 Å². The minimum absolute atomic E-state index is 0.238. The molecule has 24 heavy (non-hydrogen) atoms. The van der Waals surface area contributed by atoms with Gasteiger partial charge in [0.05, 0.1) is 6.61 Å². The number of carbonyl (C=O) groups excluding carboxylic acids is 1. The van der Waals surface area contributed by atoms with Crippen molar-refractivity contribution < 1.29 is 9.53 Å². The largest absolute Gasteiger partial charge is 0.488 e. The molecule has 1 N–H and O–H groups in total. The standard InChI is InChI=1S/C19H24N2O3/c1-5-12-24-17-10-7-11-21(19(17)23)15(4)18(22)20-16-9-6-8-13(2)14(16)3/h6-11,15H,5,12H2,1-4H3,(H,20,22). The minimum atomic E-state index is -0.636. The molecule has 0 bridgehead atoms. The molecule has 2 rings (SSSR count). The summed E-state index contributed by atoms with van der Waals surface area (Å²) in [6.07, 6.45) is 2.42. The van der Waals surface area contributed by atoms with Crippen LogP contribution in [0.15, 0.2) is 41.3 Å². The van der Waals surface area contributed by atoms with Crippen molar-refractivity contribution in [2.45, 2.75) is 40.2 Å². The van der Waals surface area contributed by atoms with Gasteiger partial charge in [-0.25, -0.2) is 0 Å². The van der Waals surface area contributed by atoms with Gasteiger partial charge < -0.3 is 14.6 Å². The number of ether oxygens (including phenoxy) is 1. The number of carbonyl (C=O) groups is 1. The first-order valence-corrected chi connectivity index (χ1v) is 8.16. The molecule has 0 radical (unpaired) electrons. The normalized spacial score (nSPS) is 11.8. The number of anilines is 1. The van der Waals surface area contributed by atoms with E-state index < -0.39 is 6.04 Å². The van der Waals surface area contributed by atoms with Crippen LogP contribution < -0.4 is 15.6 Å². The van der Waals surface area contributed by atoms with E-state index in [-0.39, 0.29) is 17.2 Å². The summed E-state index contributed by atoms with van der Waals surface area (Å²) in [4.78, 5) is 25.0. The zero-order valence-electron chi connectivity index (χ0n) is 14.6. The third-order valence-corrected chi connectivity index (χ3v) is 4.06. The Bertz CT molecular complexity index is 780. The number of hydrogen-bond acceptors (Lipinski definition) is 3. The summed E-state index contributed by atoms with van der Waals surface area (Å²) in [6.45, 7) is 8.10. The molecule has 5 heteroatoms. The Morgan fingerprint density at radius 3 is 2.71 bits per heavy atom. The first-order valence-electron chi connectivity index (χ1n) is 8.16. The molecule has 5 nitrogen and oxygen atoms in total. The van der Waals surface area contributed by atoms with E-state index in [0.717, 1.165) is 23.2 Å². The Morgan fingerprint density at radius 2 is 2.00 bits per heavy atom. The average molecular weight is 328 g/mol. The van der Waals surface area contributed by atoms with Crippen molar-refractivity contribution in [3.8, 4) is 5.75 Å². The van der Waals surface area contributed by atoms with Gasteiger partial charge in [-0.1, -0.05) is 19.1 Å². The van der Waals surface area contributed by atoms with Crippen LogP contribution in [0.2, 0.25) is 0 Å². The van der Waals surface area contributed by atoms with E-state index in [4.69, 9.17) is 4.74 Å². The lowest BCUT2D eigenvalue weighted by molar-refractivity contribution is -0.118. The zero-order valence-corrected chi connectivity index (χ0v) is 14.6. The van der Waals surface area contributed by atoms with Crippen LogP contribution in [0.4, 0.5) is 5.69 Å². The molecule has 0 saturated carbocycles. The number of rotatable bonds is 6. The number of pyridine rings is 1. The van der Waals surface area contributed by atoms with Crippen molar-refractivity contribution in [2.24, 2.45) is 0 Å². The first kappa shape index (κ1) is 17.8. The van der Waals surface area contributed by atoms with E-state index in [1.165, 1.54) is 4.57 Å². The van der Waals surface area contributed by atoms with Crippen LogP contribution in [-0.2, 0) is 4.79 Å². The molecule has 0 saturated heterocycles. The molecule has 1 aromatic heterocycles. The lowest BCUT2D eigenvalue weighted by Gasteiger charge is -2.17. The van der Waals surface area contributed by atoms with Gasteiger partial charge in [-0.05, 0) is 56.5 Å². The van der Waals surface area contributed by atoms with Crippen LogP contribution in [0.5, 0.6) is 5.75 Å². The topological polar surface area (TPSA) is 60.3 Å². The molecule has 0 aliphatic rings. The molecular formula is C19H24N2O3. The quantitative estimate of drug-likeness (QED) is 0.883. The number of nitrogens with one attached hydrogen (secondary N) is 1. The fraction of sp³-hybridized carbons (Fsp3) is 0.368. The molecule has 0 spiro atoms. The second-order valence-electron chi connectivity index (χ2n) is 5.85. The zero-order chi connectivity index (χ0) is 17.7. The highest BCUT2D eigenvalue weighted by Crippen LogP contribution is 2.19. The van der Waals surface area contributed by atoms with Crippen molar-refractivity contribution in [1.29, 1.82) is 0 Å². The smallest absolute Gasteiger partial charge is 0.293 e. The second-order valence-corrected chi connectivity index (χ2v) is 5.85. The number of aromatic nitrogens is 1. The van der Waals surface area contributed by atoms with E-state index in [1.807, 2.05) is 39.0 Å². The van der Waals surface area contributed by atoms with E-state index in [0.29, 0.717) is 6.61 Å². The van der Waals surface area contributed by atoms with E-state index in [9.17, 15) is 9.59 Å². The SMILES string of the molecule is CCCOc1cccn(C(C)C(=O)Nc2cccc(C)c2C)c1=O. The molecule has 1 amide bonds. The van der Waals surface area contributed by atoms with Crippen molar-refractivity contribution >= 4 is 11.6 Å². The highest BCUT2D eigenvalue weighted by molar-refractivity contribution is 5.94. The summed E-state index contributed by atoms with van der Waals surface area (Å²) in [5, 5.41) is 2.90. The minimum Gasteiger partial charge on any atom is -0.488 e. The van der Waals surface area contributed by atoms with Crippen LogP contribution in [-0.4, -0.2) is 17.1 Å². The Hall–Kier alpha value is -2.56. The second kappa shape index (κ2) is 7.81. The first-order chi connectivity index (χ1) is 11.5. The monoisotopic (exact) mass is 328 g/mol. The molecule has 0 aliphatic carbocycles. The van der Waals surface area contributed by atoms with Crippen LogP contribution in [0.25, 0.3) is 0 Å². The number of nitrogens with zero attached hydrogens (tertiary/aromatic N) is 1. The summed E-state index contributed by atoms with van der Waals surface area (Å²) in [5.74, 6) is 0.0316. The molecule has 1 aromatic carbocycles. The average Bonchev–Trinajstić information content (AvgIpc) is 2.57. The van der Waals surface area contributed by atoms with Gasteiger partial charge in [-0.3, -0.25) is 9.59 Å². The lowest BCUT2D eigenvalue weighted by atomic mass is 10.1. The maximum atomic E-state index is 12.5. The molecule has 0 fully saturated rings. The summed E-state index contributed by atoms with van der Waals surface area (Å²) in [5.41, 5.74) is 2.59. The Kier molecular flexibility index (Phi) is 5.79. The highest BCUT2D eigenvalue weighted by atomic mass is 16.5. The molecule has 1 heterocycles. The van der Waals surface area contributed by atoms with Gasteiger partial charge in [0.2, 0.25) is 5.91 Å². The Balaban J connectivity index is 2.22. The van der Waals surface area contributed by atoms with Crippen molar-refractivity contribution in [2.75, 3.05) is 11.9 Å². The van der Waals surface area contributed by atoms with Crippen molar-refractivity contribution in [3.63, 3.8) is 0 Å². The Morgan fingerprint density at radius 1 is 1.25 bits per heavy atom. The molecule has 2 aromatic rings. The molecular weight excluding hydrogens is 304 g/mol. The van der Waals surface area contributed by atoms with Gasteiger partial charge in [-0.2, -0.15) is 0 Å². The Labute approximate surface area is 142 Å². The van der Waals surface area contributed by atoms with Crippen LogP contribution >= 0.6 is 0 Å². The van der Waals surface area contributed by atoms with Gasteiger partial charge in [-0.15, -0.1) is 0 Å². The lowest BCUT2D eigenvalue weighted by Crippen LogP contribution is -2.32.